The molecule has 1 aromatic carbocycles. The van der Waals surface area contributed by atoms with Gasteiger partial charge in [-0.05, 0) is 31.4 Å². The molecule has 0 aliphatic carbocycles. The quantitative estimate of drug-likeness (QED) is 0.819. The maximum absolute atomic E-state index is 12.8. The lowest BCUT2D eigenvalue weighted by atomic mass is 9.96. The minimum atomic E-state index is -0.207. The molecule has 3 heterocycles. The topological polar surface area (TPSA) is 82.6 Å². The average molecular weight is 413 g/mol. The second-order valence-electron chi connectivity index (χ2n) is 7.48. The van der Waals surface area contributed by atoms with Gasteiger partial charge in [0.25, 0.3) is 0 Å². The van der Waals surface area contributed by atoms with Crippen molar-refractivity contribution in [3.05, 3.63) is 41.4 Å². The van der Waals surface area contributed by atoms with E-state index in [1.807, 2.05) is 35.7 Å². The van der Waals surface area contributed by atoms with E-state index in [2.05, 4.69) is 10.3 Å². The largest absolute Gasteiger partial charge is 0.342 e. The molecule has 2 saturated heterocycles. The number of piperidine rings is 1. The van der Waals surface area contributed by atoms with Crippen LogP contribution in [0.3, 0.4) is 0 Å². The maximum atomic E-state index is 12.8. The number of carbonyl (C=O) groups is 3. The summed E-state index contributed by atoms with van der Waals surface area (Å²) in [4.78, 5) is 45.2. The Morgan fingerprint density at radius 1 is 1.17 bits per heavy atom. The first-order valence-electron chi connectivity index (χ1n) is 9.98. The lowest BCUT2D eigenvalue weighted by Crippen LogP contribution is -2.44. The molecule has 0 spiro atoms. The Bertz CT molecular complexity index is 898. The van der Waals surface area contributed by atoms with Crippen molar-refractivity contribution in [2.75, 3.05) is 29.9 Å². The summed E-state index contributed by atoms with van der Waals surface area (Å²) in [6.45, 7) is 1.79. The zero-order valence-electron chi connectivity index (χ0n) is 16.2. The molecular weight excluding hydrogens is 388 g/mol. The number of nitrogens with one attached hydrogen (secondary N) is 1. The highest BCUT2D eigenvalue weighted by Crippen LogP contribution is 2.26. The van der Waals surface area contributed by atoms with Crippen molar-refractivity contribution < 1.29 is 14.4 Å². The molecule has 3 amide bonds. The normalized spacial score (nSPS) is 19.4. The summed E-state index contributed by atoms with van der Waals surface area (Å²) >= 11 is 1.41. The van der Waals surface area contributed by atoms with Gasteiger partial charge in [-0.15, -0.1) is 11.3 Å². The van der Waals surface area contributed by atoms with E-state index in [-0.39, 0.29) is 30.1 Å². The summed E-state index contributed by atoms with van der Waals surface area (Å²) in [5.41, 5.74) is 1.46. The predicted molar refractivity (Wildman–Crippen MR) is 112 cm³/mol. The van der Waals surface area contributed by atoms with Crippen LogP contribution in [0.5, 0.6) is 0 Å². The fourth-order valence-corrected chi connectivity index (χ4v) is 4.67. The number of para-hydroxylation sites is 1. The second kappa shape index (κ2) is 8.73. The third-order valence-electron chi connectivity index (χ3n) is 5.36. The summed E-state index contributed by atoms with van der Waals surface area (Å²) in [7, 11) is 0. The number of benzene rings is 1. The highest BCUT2D eigenvalue weighted by atomic mass is 32.1. The fourth-order valence-electron chi connectivity index (χ4n) is 3.80. The first-order chi connectivity index (χ1) is 14.1. The van der Waals surface area contributed by atoms with E-state index in [1.54, 1.807) is 9.80 Å². The van der Waals surface area contributed by atoms with Crippen LogP contribution >= 0.6 is 11.3 Å². The Morgan fingerprint density at radius 3 is 2.76 bits per heavy atom. The molecule has 2 aliphatic heterocycles. The summed E-state index contributed by atoms with van der Waals surface area (Å²) in [6.07, 6.45) is 3.20. The molecule has 1 aromatic heterocycles. The number of anilines is 2. The van der Waals surface area contributed by atoms with Gasteiger partial charge in [0.15, 0.2) is 5.13 Å². The molecule has 0 bridgehead atoms. The van der Waals surface area contributed by atoms with Gasteiger partial charge >= 0.3 is 0 Å². The van der Waals surface area contributed by atoms with E-state index in [0.717, 1.165) is 24.9 Å². The first-order valence-corrected chi connectivity index (χ1v) is 10.9. The van der Waals surface area contributed by atoms with E-state index < -0.39 is 0 Å². The number of thiazole rings is 1. The fraction of sp³-hybridized carbons (Fsp3) is 0.429. The lowest BCUT2D eigenvalue weighted by Gasteiger charge is -2.32. The molecule has 8 heteroatoms. The van der Waals surface area contributed by atoms with Gasteiger partial charge in [0.2, 0.25) is 17.7 Å². The minimum Gasteiger partial charge on any atom is -0.342 e. The number of aromatic nitrogens is 1. The van der Waals surface area contributed by atoms with Crippen LogP contribution < -0.4 is 10.2 Å². The molecule has 152 valence electrons. The van der Waals surface area contributed by atoms with Gasteiger partial charge in [0, 0.05) is 37.1 Å². The summed E-state index contributed by atoms with van der Waals surface area (Å²) in [5.74, 6) is -0.175. The summed E-state index contributed by atoms with van der Waals surface area (Å²) < 4.78 is 0. The van der Waals surface area contributed by atoms with E-state index in [1.165, 1.54) is 11.3 Å². The SMILES string of the molecule is O=C(Nc1ccccc1)[C@H]1CCCN(C(=O)Cc2csc(N3CCCC3=O)n2)C1. The number of carbonyl (C=O) groups excluding carboxylic acids is 3. The summed E-state index contributed by atoms with van der Waals surface area (Å²) in [5, 5.41) is 5.46. The maximum Gasteiger partial charge on any atom is 0.229 e. The van der Waals surface area contributed by atoms with Crippen molar-refractivity contribution in [3.63, 3.8) is 0 Å². The van der Waals surface area contributed by atoms with Gasteiger partial charge in [-0.3, -0.25) is 19.3 Å². The van der Waals surface area contributed by atoms with Gasteiger partial charge in [-0.1, -0.05) is 18.2 Å². The molecule has 4 rings (SSSR count). The number of rotatable bonds is 5. The Kier molecular flexibility index (Phi) is 5.89. The highest BCUT2D eigenvalue weighted by molar-refractivity contribution is 7.14. The smallest absolute Gasteiger partial charge is 0.229 e. The Morgan fingerprint density at radius 2 is 2.00 bits per heavy atom. The third-order valence-corrected chi connectivity index (χ3v) is 6.27. The van der Waals surface area contributed by atoms with Crippen LogP contribution in [0.25, 0.3) is 0 Å². The van der Waals surface area contributed by atoms with Crippen molar-refractivity contribution in [2.45, 2.75) is 32.1 Å². The Hall–Kier alpha value is -2.74. The zero-order valence-corrected chi connectivity index (χ0v) is 17.0. The second-order valence-corrected chi connectivity index (χ2v) is 8.32. The molecule has 2 fully saturated rings. The molecular formula is C21H24N4O3S. The molecule has 0 radical (unpaired) electrons. The van der Waals surface area contributed by atoms with Crippen molar-refractivity contribution in [1.82, 2.24) is 9.88 Å². The van der Waals surface area contributed by atoms with Crippen LogP contribution in [0.2, 0.25) is 0 Å². The van der Waals surface area contributed by atoms with Gasteiger partial charge in [-0.25, -0.2) is 4.98 Å². The third kappa shape index (κ3) is 4.64. The number of amides is 3. The number of likely N-dealkylation sites (tertiary alicyclic amines) is 1. The van der Waals surface area contributed by atoms with Crippen molar-refractivity contribution in [3.8, 4) is 0 Å². The van der Waals surface area contributed by atoms with Crippen molar-refractivity contribution in [1.29, 1.82) is 0 Å². The van der Waals surface area contributed by atoms with Crippen LogP contribution in [0, 0.1) is 5.92 Å². The van der Waals surface area contributed by atoms with Crippen molar-refractivity contribution in [2.24, 2.45) is 5.92 Å². The van der Waals surface area contributed by atoms with E-state index in [9.17, 15) is 14.4 Å². The molecule has 29 heavy (non-hydrogen) atoms. The summed E-state index contributed by atoms with van der Waals surface area (Å²) in [6, 6.07) is 9.37. The molecule has 0 saturated carbocycles. The highest BCUT2D eigenvalue weighted by Gasteiger charge is 2.29. The molecule has 2 aliphatic rings. The number of nitrogens with zero attached hydrogens (tertiary/aromatic N) is 3. The molecule has 1 N–H and O–H groups in total. The number of hydrogen-bond acceptors (Lipinski definition) is 5. The monoisotopic (exact) mass is 412 g/mol. The molecule has 0 unspecified atom stereocenters. The van der Waals surface area contributed by atoms with Crippen LogP contribution in [-0.4, -0.2) is 47.2 Å². The predicted octanol–water partition coefficient (Wildman–Crippen LogP) is 2.69. The number of hydrogen-bond donors (Lipinski definition) is 1. The first kappa shape index (κ1) is 19.6. The van der Waals surface area contributed by atoms with E-state index in [0.29, 0.717) is 36.9 Å². The van der Waals surface area contributed by atoms with Gasteiger partial charge < -0.3 is 10.2 Å². The van der Waals surface area contributed by atoms with E-state index in [4.69, 9.17) is 0 Å². The van der Waals surface area contributed by atoms with Gasteiger partial charge in [0.1, 0.15) is 0 Å². The lowest BCUT2D eigenvalue weighted by molar-refractivity contribution is -0.134. The van der Waals surface area contributed by atoms with Crippen LogP contribution in [-0.2, 0) is 20.8 Å². The van der Waals surface area contributed by atoms with Crippen LogP contribution in [0.15, 0.2) is 35.7 Å². The molecule has 7 nitrogen and oxygen atoms in total. The molecule has 2 aromatic rings. The zero-order chi connectivity index (χ0) is 20.2. The Labute approximate surface area is 173 Å². The van der Waals surface area contributed by atoms with Crippen molar-refractivity contribution >= 4 is 39.9 Å². The average Bonchev–Trinajstić information content (AvgIpc) is 3.37. The van der Waals surface area contributed by atoms with Crippen LogP contribution in [0.4, 0.5) is 10.8 Å². The van der Waals surface area contributed by atoms with Gasteiger partial charge in [0.05, 0.1) is 18.0 Å². The van der Waals surface area contributed by atoms with Crippen LogP contribution in [0.1, 0.15) is 31.4 Å². The minimum absolute atomic E-state index is 0.0215. The van der Waals surface area contributed by atoms with E-state index >= 15 is 0 Å². The standard InChI is InChI=1S/C21H24N4O3S/c26-18-9-5-11-25(18)21-23-17(14-29-21)12-19(27)24-10-4-6-15(13-24)20(28)22-16-7-2-1-3-8-16/h1-3,7-8,14-15H,4-6,9-13H2,(H,22,28)/t15-/m0/s1. The Balaban J connectivity index is 1.33. The molecule has 1 atom stereocenters. The van der Waals surface area contributed by atoms with Gasteiger partial charge in [-0.2, -0.15) is 0 Å².